The van der Waals surface area contributed by atoms with Gasteiger partial charge in [0, 0.05) is 10.0 Å². The number of ketones is 1. The van der Waals surface area contributed by atoms with Crippen molar-refractivity contribution in [1.82, 2.24) is 0 Å². The van der Waals surface area contributed by atoms with Crippen molar-refractivity contribution in [1.29, 1.82) is 0 Å². The third kappa shape index (κ3) is 2.61. The monoisotopic (exact) mass is 483 g/mol. The minimum Gasteiger partial charge on any atom is -0.469 e. The smallest absolute Gasteiger partial charge is 0.276 e. The van der Waals surface area contributed by atoms with Crippen molar-refractivity contribution < 1.29 is 14.3 Å². The predicted octanol–water partition coefficient (Wildman–Crippen LogP) is 6.00. The fourth-order valence-corrected chi connectivity index (χ4v) is 5.36. The highest BCUT2D eigenvalue weighted by Gasteiger charge is 2.58. The topological polar surface area (TPSA) is 46.6 Å². The van der Waals surface area contributed by atoms with Crippen LogP contribution in [0.2, 0.25) is 0 Å². The van der Waals surface area contributed by atoms with Crippen LogP contribution >= 0.6 is 15.9 Å². The summed E-state index contributed by atoms with van der Waals surface area (Å²) in [5, 5.41) is 4.45. The number of benzene rings is 4. The minimum atomic E-state index is -1.34. The van der Waals surface area contributed by atoms with E-state index in [-0.39, 0.29) is 23.9 Å². The first-order valence-electron chi connectivity index (χ1n) is 10.4. The van der Waals surface area contributed by atoms with Gasteiger partial charge >= 0.3 is 0 Å². The fraction of sp³-hybridized carbons (Fsp3) is 0.111. The number of hydrogen-bond donors (Lipinski definition) is 0. The number of allylic oxidation sites excluding steroid dienone is 1. The van der Waals surface area contributed by atoms with E-state index in [9.17, 15) is 9.59 Å². The molecule has 0 aliphatic carbocycles. The van der Waals surface area contributed by atoms with Crippen molar-refractivity contribution in [2.45, 2.75) is 18.6 Å². The molecule has 0 bridgehead atoms. The Morgan fingerprint density at radius 1 is 0.938 bits per heavy atom. The second kappa shape index (κ2) is 6.78. The normalized spacial score (nSPS) is 19.9. The largest absolute Gasteiger partial charge is 0.469 e. The van der Waals surface area contributed by atoms with Crippen molar-refractivity contribution in [2.75, 3.05) is 4.90 Å². The molecule has 0 aromatic heterocycles. The second-order valence-corrected chi connectivity index (χ2v) is 9.22. The number of nitrogens with zero attached hydrogens (tertiary/aromatic N) is 1. The molecule has 5 heteroatoms. The first-order valence-corrected chi connectivity index (χ1v) is 11.2. The summed E-state index contributed by atoms with van der Waals surface area (Å²) in [6, 6.07) is 24.3. The summed E-state index contributed by atoms with van der Waals surface area (Å²) in [7, 11) is 0. The quantitative estimate of drug-likeness (QED) is 0.259. The predicted molar refractivity (Wildman–Crippen MR) is 128 cm³/mol. The lowest BCUT2D eigenvalue weighted by atomic mass is 9.92. The number of halogens is 1. The van der Waals surface area contributed by atoms with Crippen LogP contribution in [-0.4, -0.2) is 11.7 Å². The van der Waals surface area contributed by atoms with Crippen molar-refractivity contribution in [2.24, 2.45) is 0 Å². The molecule has 1 fully saturated rings. The van der Waals surface area contributed by atoms with E-state index in [2.05, 4.69) is 52.8 Å². The summed E-state index contributed by atoms with van der Waals surface area (Å²) < 4.78 is 6.73. The number of anilines is 1. The summed E-state index contributed by atoms with van der Waals surface area (Å²) in [5.74, 6) is -0.418. The lowest BCUT2D eigenvalue weighted by Gasteiger charge is -2.24. The molecule has 0 radical (unpaired) electrons. The Hall–Kier alpha value is -3.44. The molecule has 1 unspecified atom stereocenters. The number of carbonyl (C=O) groups excluding carboxylic acids is 2. The van der Waals surface area contributed by atoms with Gasteiger partial charge in [0.15, 0.2) is 5.76 Å². The van der Waals surface area contributed by atoms with Crippen LogP contribution in [0.3, 0.4) is 0 Å². The molecule has 2 heterocycles. The molecule has 1 amide bonds. The van der Waals surface area contributed by atoms with Crippen molar-refractivity contribution in [3.63, 3.8) is 0 Å². The van der Waals surface area contributed by atoms with Crippen molar-refractivity contribution >= 4 is 54.9 Å². The minimum absolute atomic E-state index is 0.0269. The number of carbonyl (C=O) groups is 2. The van der Waals surface area contributed by atoms with E-state index in [1.807, 2.05) is 42.5 Å². The Kier molecular flexibility index (Phi) is 4.08. The van der Waals surface area contributed by atoms with Gasteiger partial charge in [-0.25, -0.2) is 0 Å². The lowest BCUT2D eigenvalue weighted by Crippen LogP contribution is -2.39. The average molecular weight is 484 g/mol. The van der Waals surface area contributed by atoms with Gasteiger partial charge in [-0.15, -0.1) is 0 Å². The summed E-state index contributed by atoms with van der Waals surface area (Å²) in [5.41, 5.74) is 1.19. The Balaban J connectivity index is 1.56. The highest BCUT2D eigenvalue weighted by Crippen LogP contribution is 2.51. The maximum absolute atomic E-state index is 13.9. The SMILES string of the molecule is C=C1OC2(CC1=O)C(=O)N(Cc1c3ccccc3cc3ccccc13)c1ccc(Br)cc12. The van der Waals surface area contributed by atoms with Gasteiger partial charge in [-0.05, 0) is 51.4 Å². The first-order chi connectivity index (χ1) is 15.5. The second-order valence-electron chi connectivity index (χ2n) is 8.30. The summed E-state index contributed by atoms with van der Waals surface area (Å²) in [4.78, 5) is 28.0. The van der Waals surface area contributed by atoms with E-state index in [0.717, 1.165) is 37.3 Å². The van der Waals surface area contributed by atoms with Crippen LogP contribution in [0.1, 0.15) is 17.5 Å². The molecule has 32 heavy (non-hydrogen) atoms. The molecule has 6 rings (SSSR count). The molecule has 4 aromatic rings. The molecule has 2 aliphatic rings. The molecule has 1 spiro atoms. The van der Waals surface area contributed by atoms with Crippen LogP contribution in [0.15, 0.2) is 89.6 Å². The van der Waals surface area contributed by atoms with E-state index in [1.165, 1.54) is 0 Å². The van der Waals surface area contributed by atoms with Gasteiger partial charge in [0.2, 0.25) is 11.4 Å². The lowest BCUT2D eigenvalue weighted by molar-refractivity contribution is -0.135. The van der Waals surface area contributed by atoms with Crippen LogP contribution < -0.4 is 4.90 Å². The highest BCUT2D eigenvalue weighted by atomic mass is 79.9. The molecule has 4 aromatic carbocycles. The van der Waals surface area contributed by atoms with Crippen LogP contribution in [0, 0.1) is 0 Å². The number of Topliss-reactive ketones (excluding diaryl/α,β-unsaturated/α-hetero) is 1. The van der Waals surface area contributed by atoms with E-state index >= 15 is 0 Å². The van der Waals surface area contributed by atoms with Crippen molar-refractivity contribution in [3.05, 3.63) is 101 Å². The number of hydrogen-bond acceptors (Lipinski definition) is 3. The average Bonchev–Trinajstić information content (AvgIpc) is 3.21. The molecule has 2 aliphatic heterocycles. The van der Waals surface area contributed by atoms with Gasteiger partial charge in [0.25, 0.3) is 5.91 Å². The van der Waals surface area contributed by atoms with Gasteiger partial charge < -0.3 is 9.64 Å². The third-order valence-electron chi connectivity index (χ3n) is 6.49. The van der Waals surface area contributed by atoms with E-state index in [1.54, 1.807) is 4.90 Å². The third-order valence-corrected chi connectivity index (χ3v) is 6.99. The Morgan fingerprint density at radius 2 is 1.59 bits per heavy atom. The molecule has 1 atom stereocenters. The van der Waals surface area contributed by atoms with E-state index < -0.39 is 5.60 Å². The number of rotatable bonds is 2. The van der Waals surface area contributed by atoms with Crippen molar-refractivity contribution in [3.8, 4) is 0 Å². The Morgan fingerprint density at radius 3 is 2.22 bits per heavy atom. The van der Waals surface area contributed by atoms with Crippen LogP contribution in [0.25, 0.3) is 21.5 Å². The first kappa shape index (κ1) is 19.3. The molecule has 1 saturated heterocycles. The van der Waals surface area contributed by atoms with Gasteiger partial charge in [0.05, 0.1) is 18.7 Å². The maximum Gasteiger partial charge on any atom is 0.276 e. The molecular weight excluding hydrogens is 466 g/mol. The van der Waals surface area contributed by atoms with Gasteiger partial charge in [-0.2, -0.15) is 0 Å². The number of ether oxygens (including phenoxy) is 1. The van der Waals surface area contributed by atoms with Gasteiger partial charge in [-0.1, -0.05) is 71.0 Å². The molecular formula is C27H18BrNO3. The maximum atomic E-state index is 13.9. The standard InChI is InChI=1S/C27H18BrNO3/c1-16-25(30)14-27(32-16)23-13-19(28)10-11-24(23)29(26(27)31)15-22-20-8-4-2-6-17(20)12-18-7-3-5-9-21(18)22/h2-13H,1,14-15H2. The van der Waals surface area contributed by atoms with Crippen LogP contribution in [-0.2, 0) is 26.5 Å². The van der Waals surface area contributed by atoms with Crippen LogP contribution in [0.4, 0.5) is 5.69 Å². The zero-order chi connectivity index (χ0) is 22.0. The van der Waals surface area contributed by atoms with Crippen LogP contribution in [0.5, 0.6) is 0 Å². The van der Waals surface area contributed by atoms with E-state index in [4.69, 9.17) is 4.74 Å². The highest BCUT2D eigenvalue weighted by molar-refractivity contribution is 9.10. The molecule has 0 N–H and O–H groups in total. The van der Waals surface area contributed by atoms with E-state index in [0.29, 0.717) is 12.1 Å². The summed E-state index contributed by atoms with van der Waals surface area (Å²) in [6.07, 6.45) is -0.0269. The Labute approximate surface area is 193 Å². The Bertz CT molecular complexity index is 1420. The summed E-state index contributed by atoms with van der Waals surface area (Å²) >= 11 is 3.50. The zero-order valence-corrected chi connectivity index (χ0v) is 18.7. The molecule has 0 saturated carbocycles. The number of fused-ring (bicyclic) bond motifs is 4. The van der Waals surface area contributed by atoms with Gasteiger partial charge in [-0.3, -0.25) is 9.59 Å². The molecule has 156 valence electrons. The fourth-order valence-electron chi connectivity index (χ4n) is 5.00. The van der Waals surface area contributed by atoms with Gasteiger partial charge in [0.1, 0.15) is 0 Å². The number of amides is 1. The molecule has 4 nitrogen and oxygen atoms in total. The summed E-state index contributed by atoms with van der Waals surface area (Å²) in [6.45, 7) is 4.10. The zero-order valence-electron chi connectivity index (χ0n) is 17.1.